The molecule has 2 aromatic carbocycles. The fourth-order valence-corrected chi connectivity index (χ4v) is 2.51. The number of rotatable bonds is 7. The minimum absolute atomic E-state index is 0.473. The van der Waals surface area contributed by atoms with E-state index in [4.69, 9.17) is 11.6 Å². The molecule has 0 aliphatic heterocycles. The highest BCUT2D eigenvalue weighted by molar-refractivity contribution is 6.30. The summed E-state index contributed by atoms with van der Waals surface area (Å²) in [5.74, 6) is 1.16. The van der Waals surface area contributed by atoms with Gasteiger partial charge in [-0.2, -0.15) is 10.1 Å². The van der Waals surface area contributed by atoms with Crippen LogP contribution >= 0.6 is 11.6 Å². The van der Waals surface area contributed by atoms with Crippen LogP contribution in [-0.2, 0) is 12.8 Å². The van der Waals surface area contributed by atoms with Gasteiger partial charge in [-0.3, -0.25) is 0 Å². The first-order valence-corrected chi connectivity index (χ1v) is 8.65. The molecule has 6 heteroatoms. The normalized spacial score (nSPS) is 10.5. The Balaban J connectivity index is 1.56. The molecule has 0 bridgehead atoms. The van der Waals surface area contributed by atoms with Gasteiger partial charge < -0.3 is 10.6 Å². The zero-order valence-electron chi connectivity index (χ0n) is 14.0. The standard InChI is InChI=1S/C19H20ClN5/c1-2-14-5-9-17(10-6-14)23-19-24-18(13-22-25-19)21-12-11-15-3-7-16(20)8-4-15/h3-10,13H,2,11-12H2,1H3,(H2,21,23,24,25). The summed E-state index contributed by atoms with van der Waals surface area (Å²) in [7, 11) is 0. The van der Waals surface area contributed by atoms with Crippen molar-refractivity contribution in [2.75, 3.05) is 17.2 Å². The number of aromatic nitrogens is 3. The maximum Gasteiger partial charge on any atom is 0.249 e. The summed E-state index contributed by atoms with van der Waals surface area (Å²) in [5, 5.41) is 15.2. The zero-order chi connectivity index (χ0) is 17.5. The van der Waals surface area contributed by atoms with Crippen molar-refractivity contribution in [2.24, 2.45) is 0 Å². The van der Waals surface area contributed by atoms with Crippen LogP contribution in [0.5, 0.6) is 0 Å². The van der Waals surface area contributed by atoms with Crippen molar-refractivity contribution in [2.45, 2.75) is 19.8 Å². The Morgan fingerprint density at radius 2 is 1.68 bits per heavy atom. The van der Waals surface area contributed by atoms with E-state index >= 15 is 0 Å². The van der Waals surface area contributed by atoms with Gasteiger partial charge in [0.2, 0.25) is 5.95 Å². The maximum absolute atomic E-state index is 5.89. The molecule has 0 fully saturated rings. The lowest BCUT2D eigenvalue weighted by Crippen LogP contribution is -2.08. The second-order valence-electron chi connectivity index (χ2n) is 5.64. The Hall–Kier alpha value is -2.66. The van der Waals surface area contributed by atoms with Crippen molar-refractivity contribution in [1.29, 1.82) is 0 Å². The van der Waals surface area contributed by atoms with E-state index in [1.54, 1.807) is 6.20 Å². The molecule has 0 spiro atoms. The van der Waals surface area contributed by atoms with Crippen molar-refractivity contribution in [3.05, 3.63) is 70.9 Å². The van der Waals surface area contributed by atoms with E-state index in [9.17, 15) is 0 Å². The van der Waals surface area contributed by atoms with Crippen LogP contribution in [0.1, 0.15) is 18.1 Å². The van der Waals surface area contributed by atoms with Crippen LogP contribution in [-0.4, -0.2) is 21.7 Å². The number of benzene rings is 2. The van der Waals surface area contributed by atoms with Crippen LogP contribution in [0, 0.1) is 0 Å². The number of nitrogens with zero attached hydrogens (tertiary/aromatic N) is 3. The molecule has 0 aliphatic carbocycles. The van der Waals surface area contributed by atoms with Crippen molar-refractivity contribution in [1.82, 2.24) is 15.2 Å². The third-order valence-electron chi connectivity index (χ3n) is 3.81. The summed E-state index contributed by atoms with van der Waals surface area (Å²) < 4.78 is 0. The van der Waals surface area contributed by atoms with Crippen LogP contribution in [0.3, 0.4) is 0 Å². The summed E-state index contributed by atoms with van der Waals surface area (Å²) in [4.78, 5) is 4.44. The molecule has 3 aromatic rings. The highest BCUT2D eigenvalue weighted by atomic mass is 35.5. The second kappa shape index (κ2) is 8.44. The summed E-state index contributed by atoms with van der Waals surface area (Å²) >= 11 is 5.89. The number of aryl methyl sites for hydroxylation is 1. The third kappa shape index (κ3) is 5.16. The largest absolute Gasteiger partial charge is 0.368 e. The molecule has 5 nitrogen and oxygen atoms in total. The summed E-state index contributed by atoms with van der Waals surface area (Å²) in [6, 6.07) is 16.0. The summed E-state index contributed by atoms with van der Waals surface area (Å²) in [6.07, 6.45) is 3.51. The Labute approximate surface area is 152 Å². The van der Waals surface area contributed by atoms with E-state index in [0.29, 0.717) is 11.8 Å². The number of halogens is 1. The molecular weight excluding hydrogens is 334 g/mol. The SMILES string of the molecule is CCc1ccc(Nc2nncc(NCCc3ccc(Cl)cc3)n2)cc1. The first kappa shape index (κ1) is 17.2. The van der Waals surface area contributed by atoms with Gasteiger partial charge in [0, 0.05) is 17.3 Å². The predicted molar refractivity (Wildman–Crippen MR) is 103 cm³/mol. The van der Waals surface area contributed by atoms with E-state index in [1.165, 1.54) is 11.1 Å². The molecule has 25 heavy (non-hydrogen) atoms. The van der Waals surface area contributed by atoms with Gasteiger partial charge in [-0.05, 0) is 48.2 Å². The molecule has 0 radical (unpaired) electrons. The molecule has 128 valence electrons. The van der Waals surface area contributed by atoms with E-state index in [2.05, 4.69) is 44.9 Å². The van der Waals surface area contributed by atoms with Gasteiger partial charge in [-0.25, -0.2) is 0 Å². The second-order valence-corrected chi connectivity index (χ2v) is 6.08. The Bertz CT molecular complexity index is 803. The average Bonchev–Trinajstić information content (AvgIpc) is 2.64. The van der Waals surface area contributed by atoms with Crippen LogP contribution < -0.4 is 10.6 Å². The summed E-state index contributed by atoms with van der Waals surface area (Å²) in [6.45, 7) is 2.89. The minimum atomic E-state index is 0.473. The highest BCUT2D eigenvalue weighted by Gasteiger charge is 2.02. The molecule has 0 unspecified atom stereocenters. The molecule has 0 aliphatic rings. The van der Waals surface area contributed by atoms with Gasteiger partial charge in [0.05, 0.1) is 6.20 Å². The molecule has 2 N–H and O–H groups in total. The molecule has 1 aromatic heterocycles. The van der Waals surface area contributed by atoms with Gasteiger partial charge >= 0.3 is 0 Å². The lowest BCUT2D eigenvalue weighted by atomic mass is 10.1. The van der Waals surface area contributed by atoms with E-state index in [-0.39, 0.29) is 0 Å². The Morgan fingerprint density at radius 3 is 2.40 bits per heavy atom. The molecule has 0 saturated heterocycles. The zero-order valence-corrected chi connectivity index (χ0v) is 14.8. The lowest BCUT2D eigenvalue weighted by molar-refractivity contribution is 0.950. The number of anilines is 3. The third-order valence-corrected chi connectivity index (χ3v) is 4.06. The van der Waals surface area contributed by atoms with Gasteiger partial charge in [0.1, 0.15) is 0 Å². The van der Waals surface area contributed by atoms with Crippen LogP contribution in [0.25, 0.3) is 0 Å². The van der Waals surface area contributed by atoms with Gasteiger partial charge in [-0.15, -0.1) is 5.10 Å². The fourth-order valence-electron chi connectivity index (χ4n) is 2.38. The van der Waals surface area contributed by atoms with E-state index < -0.39 is 0 Å². The topological polar surface area (TPSA) is 62.7 Å². The van der Waals surface area contributed by atoms with E-state index in [1.807, 2.05) is 36.4 Å². The maximum atomic E-state index is 5.89. The lowest BCUT2D eigenvalue weighted by Gasteiger charge is -2.08. The first-order chi connectivity index (χ1) is 12.2. The van der Waals surface area contributed by atoms with Crippen LogP contribution in [0.15, 0.2) is 54.7 Å². The number of nitrogens with one attached hydrogen (secondary N) is 2. The molecule has 3 rings (SSSR count). The average molecular weight is 354 g/mol. The fraction of sp³-hybridized carbons (Fsp3) is 0.211. The van der Waals surface area contributed by atoms with Gasteiger partial charge in [-0.1, -0.05) is 42.8 Å². The molecule has 0 atom stereocenters. The van der Waals surface area contributed by atoms with Crippen molar-refractivity contribution < 1.29 is 0 Å². The van der Waals surface area contributed by atoms with Crippen molar-refractivity contribution in [3.8, 4) is 0 Å². The predicted octanol–water partition coefficient (Wildman–Crippen LogP) is 4.49. The molecule has 0 amide bonds. The quantitative estimate of drug-likeness (QED) is 0.655. The Kier molecular flexibility index (Phi) is 5.80. The Morgan fingerprint density at radius 1 is 0.960 bits per heavy atom. The van der Waals surface area contributed by atoms with Gasteiger partial charge in [0.25, 0.3) is 0 Å². The molecular formula is C19H20ClN5. The summed E-state index contributed by atoms with van der Waals surface area (Å²) in [5.41, 5.74) is 3.45. The van der Waals surface area contributed by atoms with Gasteiger partial charge in [0.15, 0.2) is 5.82 Å². The molecule has 0 saturated carbocycles. The molecule has 1 heterocycles. The van der Waals surface area contributed by atoms with Crippen molar-refractivity contribution >= 4 is 29.1 Å². The highest BCUT2D eigenvalue weighted by Crippen LogP contribution is 2.15. The van der Waals surface area contributed by atoms with Crippen LogP contribution in [0.4, 0.5) is 17.5 Å². The van der Waals surface area contributed by atoms with Crippen molar-refractivity contribution in [3.63, 3.8) is 0 Å². The monoisotopic (exact) mass is 353 g/mol. The van der Waals surface area contributed by atoms with Crippen LogP contribution in [0.2, 0.25) is 5.02 Å². The van der Waals surface area contributed by atoms with E-state index in [0.717, 1.165) is 30.1 Å². The first-order valence-electron chi connectivity index (χ1n) is 8.27. The minimum Gasteiger partial charge on any atom is -0.368 e. The number of hydrogen-bond donors (Lipinski definition) is 2. The smallest absolute Gasteiger partial charge is 0.249 e. The number of hydrogen-bond acceptors (Lipinski definition) is 5.